The predicted octanol–water partition coefficient (Wildman–Crippen LogP) is 3.84. The monoisotopic (exact) mass is 279 g/mol. The van der Waals surface area contributed by atoms with Crippen molar-refractivity contribution in [1.82, 2.24) is 4.90 Å². The van der Waals surface area contributed by atoms with Crippen molar-refractivity contribution in [3.05, 3.63) is 29.8 Å². The van der Waals surface area contributed by atoms with Gasteiger partial charge in [0.15, 0.2) is 0 Å². The number of carbonyl (C=O) groups is 1. The van der Waals surface area contributed by atoms with Crippen LogP contribution < -0.4 is 4.74 Å². The fraction of sp³-hybridized carbons (Fsp3) is 0.562. The van der Waals surface area contributed by atoms with Crippen molar-refractivity contribution in [3.8, 4) is 5.75 Å². The normalized spacial score (nSPS) is 14.2. The van der Waals surface area contributed by atoms with Gasteiger partial charge in [-0.15, -0.1) is 0 Å². The molecule has 0 saturated carbocycles. The third-order valence-electron chi connectivity index (χ3n) is 2.60. The Balaban J connectivity index is 0.000000956. The zero-order valence-electron chi connectivity index (χ0n) is 13.1. The average Bonchev–Trinajstić information content (AvgIpc) is 2.61. The van der Waals surface area contributed by atoms with Crippen LogP contribution in [0.5, 0.6) is 5.75 Å². The summed E-state index contributed by atoms with van der Waals surface area (Å²) in [5, 5.41) is 0. The molecule has 0 unspecified atom stereocenters. The maximum absolute atomic E-state index is 12.0. The SMILES string of the molecule is CC.CC(C)(C)OC(=O)N1CCOc2ccccc2C1. The minimum Gasteiger partial charge on any atom is -0.491 e. The van der Waals surface area contributed by atoms with Gasteiger partial charge < -0.3 is 14.4 Å². The molecule has 1 amide bonds. The zero-order chi connectivity index (χ0) is 15.2. The van der Waals surface area contributed by atoms with Crippen molar-refractivity contribution in [2.24, 2.45) is 0 Å². The minimum absolute atomic E-state index is 0.289. The van der Waals surface area contributed by atoms with Crippen LogP contribution in [-0.2, 0) is 11.3 Å². The van der Waals surface area contributed by atoms with Crippen LogP contribution in [0.15, 0.2) is 24.3 Å². The standard InChI is InChI=1S/C14H19NO3.C2H6/c1-14(2,3)18-13(16)15-8-9-17-12-7-5-4-6-11(12)10-15;1-2/h4-7H,8-10H2,1-3H3;1-2H3. The molecule has 0 atom stereocenters. The molecule has 112 valence electrons. The van der Waals surface area contributed by atoms with Crippen LogP contribution in [0.1, 0.15) is 40.2 Å². The van der Waals surface area contributed by atoms with Crippen LogP contribution in [0, 0.1) is 0 Å². The number of carbonyl (C=O) groups excluding carboxylic acids is 1. The van der Waals surface area contributed by atoms with Crippen LogP contribution in [-0.4, -0.2) is 29.7 Å². The van der Waals surface area contributed by atoms with Crippen LogP contribution in [0.3, 0.4) is 0 Å². The lowest BCUT2D eigenvalue weighted by Crippen LogP contribution is -2.37. The lowest BCUT2D eigenvalue weighted by molar-refractivity contribution is 0.0225. The summed E-state index contributed by atoms with van der Waals surface area (Å²) in [4.78, 5) is 13.7. The second kappa shape index (κ2) is 7.17. The zero-order valence-corrected chi connectivity index (χ0v) is 13.1. The van der Waals surface area contributed by atoms with E-state index in [0.29, 0.717) is 19.7 Å². The van der Waals surface area contributed by atoms with E-state index in [2.05, 4.69) is 0 Å². The molecule has 0 spiro atoms. The van der Waals surface area contributed by atoms with Crippen molar-refractivity contribution in [2.45, 2.75) is 46.8 Å². The van der Waals surface area contributed by atoms with E-state index in [9.17, 15) is 4.79 Å². The van der Waals surface area contributed by atoms with Gasteiger partial charge in [-0.3, -0.25) is 0 Å². The largest absolute Gasteiger partial charge is 0.491 e. The van der Waals surface area contributed by atoms with Crippen molar-refractivity contribution in [3.63, 3.8) is 0 Å². The van der Waals surface area contributed by atoms with E-state index in [1.165, 1.54) is 0 Å². The first-order valence-corrected chi connectivity index (χ1v) is 7.14. The van der Waals surface area contributed by atoms with Crippen LogP contribution in [0.4, 0.5) is 4.79 Å². The topological polar surface area (TPSA) is 38.8 Å². The quantitative estimate of drug-likeness (QED) is 0.724. The number of amides is 1. The van der Waals surface area contributed by atoms with Gasteiger partial charge in [-0.2, -0.15) is 0 Å². The molecule has 1 aromatic rings. The summed E-state index contributed by atoms with van der Waals surface area (Å²) in [6.45, 7) is 11.2. The number of ether oxygens (including phenoxy) is 2. The molecule has 1 heterocycles. The second-order valence-corrected chi connectivity index (χ2v) is 5.36. The van der Waals surface area contributed by atoms with E-state index in [1.807, 2.05) is 58.9 Å². The van der Waals surface area contributed by atoms with Gasteiger partial charge in [-0.05, 0) is 26.8 Å². The van der Waals surface area contributed by atoms with Crippen molar-refractivity contribution in [2.75, 3.05) is 13.2 Å². The average molecular weight is 279 g/mol. The van der Waals surface area contributed by atoms with Gasteiger partial charge in [0.05, 0.1) is 13.1 Å². The number of fused-ring (bicyclic) bond motifs is 1. The summed E-state index contributed by atoms with van der Waals surface area (Å²) in [5.74, 6) is 0.851. The van der Waals surface area contributed by atoms with Gasteiger partial charge in [-0.1, -0.05) is 32.0 Å². The maximum Gasteiger partial charge on any atom is 0.410 e. The number of hydrogen-bond donors (Lipinski definition) is 0. The number of para-hydroxylation sites is 1. The van der Waals surface area contributed by atoms with Gasteiger partial charge in [0.2, 0.25) is 0 Å². The molecule has 1 aromatic carbocycles. The molecular formula is C16H25NO3. The van der Waals surface area contributed by atoms with E-state index in [1.54, 1.807) is 4.90 Å². The van der Waals surface area contributed by atoms with E-state index >= 15 is 0 Å². The lowest BCUT2D eigenvalue weighted by atomic mass is 10.2. The Morgan fingerprint density at radius 2 is 1.90 bits per heavy atom. The van der Waals surface area contributed by atoms with Crippen LogP contribution >= 0.6 is 0 Å². The molecule has 4 nitrogen and oxygen atoms in total. The molecule has 4 heteroatoms. The first kappa shape index (κ1) is 16.3. The first-order chi connectivity index (χ1) is 9.46. The van der Waals surface area contributed by atoms with Gasteiger partial charge in [0.1, 0.15) is 18.0 Å². The lowest BCUT2D eigenvalue weighted by Gasteiger charge is -2.26. The number of benzene rings is 1. The molecule has 1 aliphatic heterocycles. The van der Waals surface area contributed by atoms with Crippen LogP contribution in [0.25, 0.3) is 0 Å². The number of rotatable bonds is 0. The molecular weight excluding hydrogens is 254 g/mol. The maximum atomic E-state index is 12.0. The molecule has 0 aromatic heterocycles. The Labute approximate surface area is 121 Å². The van der Waals surface area contributed by atoms with E-state index < -0.39 is 5.60 Å². The fourth-order valence-electron chi connectivity index (χ4n) is 1.81. The Morgan fingerprint density at radius 3 is 2.55 bits per heavy atom. The highest BCUT2D eigenvalue weighted by molar-refractivity contribution is 5.68. The molecule has 0 aliphatic carbocycles. The first-order valence-electron chi connectivity index (χ1n) is 7.14. The molecule has 20 heavy (non-hydrogen) atoms. The van der Waals surface area contributed by atoms with E-state index in [0.717, 1.165) is 11.3 Å². The third kappa shape index (κ3) is 4.76. The van der Waals surface area contributed by atoms with E-state index in [-0.39, 0.29) is 6.09 Å². The fourth-order valence-corrected chi connectivity index (χ4v) is 1.81. The Hall–Kier alpha value is -1.71. The van der Waals surface area contributed by atoms with Gasteiger partial charge in [0, 0.05) is 5.56 Å². The van der Waals surface area contributed by atoms with Crippen molar-refractivity contribution >= 4 is 6.09 Å². The molecule has 0 saturated heterocycles. The number of hydrogen-bond acceptors (Lipinski definition) is 3. The second-order valence-electron chi connectivity index (χ2n) is 5.36. The molecule has 0 N–H and O–H groups in total. The summed E-state index contributed by atoms with van der Waals surface area (Å²) in [5.41, 5.74) is 0.546. The summed E-state index contributed by atoms with van der Waals surface area (Å²) >= 11 is 0. The summed E-state index contributed by atoms with van der Waals surface area (Å²) in [7, 11) is 0. The number of nitrogens with zero attached hydrogens (tertiary/aromatic N) is 1. The molecule has 2 rings (SSSR count). The Bertz CT molecular complexity index is 438. The Morgan fingerprint density at radius 1 is 1.25 bits per heavy atom. The predicted molar refractivity (Wildman–Crippen MR) is 79.9 cm³/mol. The van der Waals surface area contributed by atoms with E-state index in [4.69, 9.17) is 9.47 Å². The highest BCUT2D eigenvalue weighted by Gasteiger charge is 2.24. The third-order valence-corrected chi connectivity index (χ3v) is 2.60. The summed E-state index contributed by atoms with van der Waals surface area (Å²) in [6.07, 6.45) is -0.289. The minimum atomic E-state index is -0.468. The highest BCUT2D eigenvalue weighted by Crippen LogP contribution is 2.23. The molecule has 1 aliphatic rings. The van der Waals surface area contributed by atoms with Gasteiger partial charge >= 0.3 is 6.09 Å². The van der Waals surface area contributed by atoms with Crippen LogP contribution in [0.2, 0.25) is 0 Å². The highest BCUT2D eigenvalue weighted by atomic mass is 16.6. The van der Waals surface area contributed by atoms with Crippen molar-refractivity contribution < 1.29 is 14.3 Å². The Kier molecular flexibility index (Phi) is 5.86. The smallest absolute Gasteiger partial charge is 0.410 e. The van der Waals surface area contributed by atoms with Gasteiger partial charge in [0.25, 0.3) is 0 Å². The summed E-state index contributed by atoms with van der Waals surface area (Å²) < 4.78 is 11.0. The molecule has 0 bridgehead atoms. The molecule has 0 fully saturated rings. The molecule has 0 radical (unpaired) electrons. The summed E-state index contributed by atoms with van der Waals surface area (Å²) in [6, 6.07) is 7.77. The van der Waals surface area contributed by atoms with Gasteiger partial charge in [-0.25, -0.2) is 4.79 Å². The van der Waals surface area contributed by atoms with Crippen molar-refractivity contribution in [1.29, 1.82) is 0 Å².